The quantitative estimate of drug-likeness (QED) is 0.801. The number of esters is 1. The maximum atomic E-state index is 12.3. The zero-order valence-corrected chi connectivity index (χ0v) is 15.0. The minimum Gasteiger partial charge on any atom is -0.504 e. The van der Waals surface area contributed by atoms with E-state index in [1.54, 1.807) is 26.4 Å². The zero-order valence-electron chi connectivity index (χ0n) is 15.0. The first-order chi connectivity index (χ1) is 12.6. The molecule has 2 aromatic carbocycles. The van der Waals surface area contributed by atoms with Crippen LogP contribution in [-0.4, -0.2) is 39.0 Å². The summed E-state index contributed by atoms with van der Waals surface area (Å²) in [6, 6.07) is 10.7. The van der Waals surface area contributed by atoms with Crippen LogP contribution in [0.4, 0.5) is 0 Å². The Morgan fingerprint density at radius 2 is 1.73 bits per heavy atom. The van der Waals surface area contributed by atoms with Gasteiger partial charge in [-0.1, -0.05) is 12.1 Å². The number of aromatic hydroxyl groups is 1. The molecule has 0 unspecified atom stereocenters. The number of methoxy groups -OCH3 is 3. The van der Waals surface area contributed by atoms with Gasteiger partial charge in [-0.2, -0.15) is 0 Å². The molecule has 0 spiro atoms. The summed E-state index contributed by atoms with van der Waals surface area (Å²) in [6.07, 6.45) is 0.653. The van der Waals surface area contributed by atoms with E-state index >= 15 is 0 Å². The second kappa shape index (κ2) is 7.56. The van der Waals surface area contributed by atoms with Gasteiger partial charge in [0.2, 0.25) is 0 Å². The fourth-order valence-electron chi connectivity index (χ4n) is 3.35. The number of hydrogen-bond acceptors (Lipinski definition) is 6. The fraction of sp³-hybridized carbons (Fsp3) is 0.350. The van der Waals surface area contributed by atoms with Gasteiger partial charge in [0.15, 0.2) is 23.0 Å². The van der Waals surface area contributed by atoms with Crippen LogP contribution in [0.25, 0.3) is 0 Å². The first-order valence-electron chi connectivity index (χ1n) is 8.31. The van der Waals surface area contributed by atoms with Crippen LogP contribution in [0.15, 0.2) is 36.4 Å². The van der Waals surface area contributed by atoms with Crippen molar-refractivity contribution in [3.05, 3.63) is 47.5 Å². The Labute approximate surface area is 152 Å². The van der Waals surface area contributed by atoms with Gasteiger partial charge in [0.25, 0.3) is 0 Å². The molecule has 1 saturated heterocycles. The number of cyclic esters (lactones) is 1. The van der Waals surface area contributed by atoms with Crippen LogP contribution < -0.4 is 14.2 Å². The van der Waals surface area contributed by atoms with Crippen LogP contribution in [0.3, 0.4) is 0 Å². The van der Waals surface area contributed by atoms with Gasteiger partial charge in [-0.05, 0) is 41.8 Å². The Morgan fingerprint density at radius 1 is 1.00 bits per heavy atom. The monoisotopic (exact) mass is 358 g/mol. The number of phenols is 1. The van der Waals surface area contributed by atoms with Gasteiger partial charge < -0.3 is 24.1 Å². The second-order valence-electron chi connectivity index (χ2n) is 6.19. The molecule has 3 rings (SSSR count). The van der Waals surface area contributed by atoms with E-state index in [1.807, 2.05) is 18.2 Å². The molecule has 0 radical (unpaired) electrons. The lowest BCUT2D eigenvalue weighted by atomic mass is 9.84. The van der Waals surface area contributed by atoms with Gasteiger partial charge in [-0.15, -0.1) is 0 Å². The zero-order chi connectivity index (χ0) is 18.7. The summed E-state index contributed by atoms with van der Waals surface area (Å²) >= 11 is 0. The molecule has 26 heavy (non-hydrogen) atoms. The molecule has 2 aromatic rings. The summed E-state index contributed by atoms with van der Waals surface area (Å²) in [7, 11) is 4.66. The Morgan fingerprint density at radius 3 is 2.42 bits per heavy atom. The van der Waals surface area contributed by atoms with E-state index in [0.717, 1.165) is 11.1 Å². The molecule has 6 nitrogen and oxygen atoms in total. The molecule has 1 fully saturated rings. The third-order valence-electron chi connectivity index (χ3n) is 4.67. The van der Waals surface area contributed by atoms with Gasteiger partial charge >= 0.3 is 5.97 Å². The van der Waals surface area contributed by atoms with Crippen molar-refractivity contribution in [2.45, 2.75) is 12.3 Å². The highest BCUT2D eigenvalue weighted by atomic mass is 16.5. The minimum absolute atomic E-state index is 0.0187. The van der Waals surface area contributed by atoms with Gasteiger partial charge in [0, 0.05) is 5.92 Å². The number of benzene rings is 2. The Hall–Kier alpha value is -2.89. The summed E-state index contributed by atoms with van der Waals surface area (Å²) in [4.78, 5) is 12.3. The van der Waals surface area contributed by atoms with Crippen LogP contribution in [0, 0.1) is 5.92 Å². The number of phenolic OH excluding ortho intramolecular Hbond substituents is 1. The first-order valence-corrected chi connectivity index (χ1v) is 8.31. The first kappa shape index (κ1) is 17.9. The Balaban J connectivity index is 1.86. The molecule has 0 aromatic heterocycles. The lowest BCUT2D eigenvalue weighted by molar-refractivity contribution is -0.139. The van der Waals surface area contributed by atoms with E-state index in [9.17, 15) is 9.90 Å². The standard InChI is InChI=1S/C20H22O6/c1-23-16-7-4-12(9-18(16)25-3)8-14-11-26-20(22)19(14)13-5-6-15(21)17(10-13)24-2/h4-7,9-10,14,19,21H,8,11H2,1-3H3/t14-,19+/m0/s1. The highest BCUT2D eigenvalue weighted by Crippen LogP contribution is 2.39. The highest BCUT2D eigenvalue weighted by Gasteiger charge is 2.38. The van der Waals surface area contributed by atoms with Crippen molar-refractivity contribution in [1.29, 1.82) is 0 Å². The van der Waals surface area contributed by atoms with Crippen molar-refractivity contribution < 1.29 is 28.8 Å². The van der Waals surface area contributed by atoms with E-state index in [4.69, 9.17) is 18.9 Å². The molecule has 0 saturated carbocycles. The van der Waals surface area contributed by atoms with Gasteiger partial charge in [-0.25, -0.2) is 0 Å². The number of carbonyl (C=O) groups excluding carboxylic acids is 1. The molecule has 2 atom stereocenters. The molecule has 0 aliphatic carbocycles. The summed E-state index contributed by atoms with van der Waals surface area (Å²) in [6.45, 7) is 0.348. The molecule has 0 amide bonds. The third kappa shape index (κ3) is 3.40. The smallest absolute Gasteiger partial charge is 0.313 e. The molecular formula is C20H22O6. The molecule has 0 bridgehead atoms. The maximum absolute atomic E-state index is 12.3. The SMILES string of the molecule is COc1cc([C@H]2C(=O)OC[C@@H]2Cc2ccc(OC)c(OC)c2)ccc1O. The van der Waals surface area contributed by atoms with Crippen molar-refractivity contribution in [1.82, 2.24) is 0 Å². The lowest BCUT2D eigenvalue weighted by Crippen LogP contribution is -2.16. The number of hydrogen-bond donors (Lipinski definition) is 1. The number of ether oxygens (including phenoxy) is 4. The van der Waals surface area contributed by atoms with Crippen LogP contribution >= 0.6 is 0 Å². The summed E-state index contributed by atoms with van der Waals surface area (Å²) in [5.41, 5.74) is 1.80. The normalized spacial score (nSPS) is 19.1. The topological polar surface area (TPSA) is 74.2 Å². The van der Waals surface area contributed by atoms with Crippen LogP contribution in [-0.2, 0) is 16.0 Å². The van der Waals surface area contributed by atoms with Crippen LogP contribution in [0.5, 0.6) is 23.0 Å². The average molecular weight is 358 g/mol. The minimum atomic E-state index is -0.405. The van der Waals surface area contributed by atoms with E-state index < -0.39 is 5.92 Å². The van der Waals surface area contributed by atoms with E-state index in [-0.39, 0.29) is 17.6 Å². The van der Waals surface area contributed by atoms with Gasteiger partial charge in [0.05, 0.1) is 33.9 Å². The number of carbonyl (C=O) groups is 1. The molecule has 1 N–H and O–H groups in total. The number of rotatable bonds is 6. The molecule has 138 valence electrons. The van der Waals surface area contributed by atoms with Crippen LogP contribution in [0.1, 0.15) is 17.0 Å². The van der Waals surface area contributed by atoms with Crippen molar-refractivity contribution in [3.8, 4) is 23.0 Å². The molecular weight excluding hydrogens is 336 g/mol. The molecule has 1 aliphatic heterocycles. The molecule has 1 heterocycles. The van der Waals surface area contributed by atoms with E-state index in [2.05, 4.69) is 0 Å². The van der Waals surface area contributed by atoms with Crippen LogP contribution in [0.2, 0.25) is 0 Å². The van der Waals surface area contributed by atoms with Crippen molar-refractivity contribution in [2.24, 2.45) is 5.92 Å². The van der Waals surface area contributed by atoms with Gasteiger partial charge in [0.1, 0.15) is 0 Å². The predicted octanol–water partition coefficient (Wildman–Crippen LogP) is 2.92. The largest absolute Gasteiger partial charge is 0.504 e. The Bertz CT molecular complexity index is 801. The van der Waals surface area contributed by atoms with Gasteiger partial charge in [-0.3, -0.25) is 4.79 Å². The molecule has 1 aliphatic rings. The lowest BCUT2D eigenvalue weighted by Gasteiger charge is -2.17. The summed E-state index contributed by atoms with van der Waals surface area (Å²) < 4.78 is 21.1. The fourth-order valence-corrected chi connectivity index (χ4v) is 3.35. The average Bonchev–Trinajstić information content (AvgIpc) is 3.02. The van der Waals surface area contributed by atoms with E-state index in [1.165, 1.54) is 13.2 Å². The van der Waals surface area contributed by atoms with Crippen molar-refractivity contribution in [3.63, 3.8) is 0 Å². The van der Waals surface area contributed by atoms with Crippen molar-refractivity contribution >= 4 is 5.97 Å². The highest BCUT2D eigenvalue weighted by molar-refractivity contribution is 5.81. The summed E-state index contributed by atoms with van der Waals surface area (Å²) in [5, 5.41) is 9.78. The molecule has 6 heteroatoms. The Kier molecular flexibility index (Phi) is 5.21. The maximum Gasteiger partial charge on any atom is 0.313 e. The summed E-state index contributed by atoms with van der Waals surface area (Å²) in [5.74, 6) is 1.01. The predicted molar refractivity (Wildman–Crippen MR) is 95.1 cm³/mol. The van der Waals surface area contributed by atoms with E-state index in [0.29, 0.717) is 30.3 Å². The second-order valence-corrected chi connectivity index (χ2v) is 6.19. The van der Waals surface area contributed by atoms with Crippen molar-refractivity contribution in [2.75, 3.05) is 27.9 Å². The third-order valence-corrected chi connectivity index (χ3v) is 4.67.